The van der Waals surface area contributed by atoms with Crippen LogP contribution in [0.2, 0.25) is 5.02 Å². The van der Waals surface area contributed by atoms with Gasteiger partial charge in [-0.25, -0.2) is 5.43 Å². The van der Waals surface area contributed by atoms with Gasteiger partial charge in [-0.3, -0.25) is 9.78 Å². The Balaban J connectivity index is 1.67. The molecule has 0 radical (unpaired) electrons. The second kappa shape index (κ2) is 6.66. The van der Waals surface area contributed by atoms with Gasteiger partial charge in [0.15, 0.2) is 11.5 Å². The predicted octanol–water partition coefficient (Wildman–Crippen LogP) is 2.79. The van der Waals surface area contributed by atoms with Crippen LogP contribution >= 0.6 is 11.6 Å². The van der Waals surface area contributed by atoms with Crippen LogP contribution in [-0.2, 0) is 6.42 Å². The number of hydrogen-bond acceptors (Lipinski definition) is 5. The number of aromatic nitrogens is 1. The summed E-state index contributed by atoms with van der Waals surface area (Å²) >= 11 is 6.12. The maximum Gasteiger partial charge on any atom is 0.289 e. The summed E-state index contributed by atoms with van der Waals surface area (Å²) in [5, 5.41) is 4.36. The van der Waals surface area contributed by atoms with E-state index in [1.54, 1.807) is 24.4 Å². The van der Waals surface area contributed by atoms with Gasteiger partial charge in [-0.1, -0.05) is 24.6 Å². The summed E-state index contributed by atoms with van der Waals surface area (Å²) < 4.78 is 10.5. The van der Waals surface area contributed by atoms with Gasteiger partial charge < -0.3 is 9.47 Å². The van der Waals surface area contributed by atoms with Gasteiger partial charge in [-0.05, 0) is 24.1 Å². The highest BCUT2D eigenvalue weighted by Crippen LogP contribution is 2.36. The Morgan fingerprint density at radius 3 is 2.87 bits per heavy atom. The number of hydrazone groups is 1. The lowest BCUT2D eigenvalue weighted by Crippen LogP contribution is -2.19. The van der Waals surface area contributed by atoms with E-state index in [-0.39, 0.29) is 12.7 Å². The fourth-order valence-electron chi connectivity index (χ4n) is 2.02. The van der Waals surface area contributed by atoms with Gasteiger partial charge in [0.05, 0.1) is 11.2 Å². The standard InChI is InChI=1S/C16H14ClN3O3/c1-2-10-3-4-13(18-7-10)16(21)20-19-8-11-5-14-15(6-12(11)17)23-9-22-14/h3-8H,2,9H2,1H3,(H,20,21). The first-order valence-corrected chi connectivity index (χ1v) is 7.42. The number of aryl methyl sites for hydroxylation is 1. The average molecular weight is 332 g/mol. The highest BCUT2D eigenvalue weighted by Gasteiger charge is 2.15. The molecular formula is C16H14ClN3O3. The summed E-state index contributed by atoms with van der Waals surface area (Å²) in [5.74, 6) is 0.802. The second-order valence-electron chi connectivity index (χ2n) is 4.83. The molecule has 3 rings (SSSR count). The van der Waals surface area contributed by atoms with E-state index in [0.29, 0.717) is 27.8 Å². The van der Waals surface area contributed by atoms with Crippen molar-refractivity contribution in [3.8, 4) is 11.5 Å². The number of carbonyl (C=O) groups is 1. The van der Waals surface area contributed by atoms with Crippen LogP contribution in [0.1, 0.15) is 28.5 Å². The molecule has 0 unspecified atom stereocenters. The molecule has 6 nitrogen and oxygen atoms in total. The molecule has 0 atom stereocenters. The molecule has 7 heteroatoms. The summed E-state index contributed by atoms with van der Waals surface area (Å²) in [4.78, 5) is 16.0. The third-order valence-corrected chi connectivity index (χ3v) is 3.65. The van der Waals surface area contributed by atoms with Gasteiger partial charge in [0, 0.05) is 17.8 Å². The van der Waals surface area contributed by atoms with E-state index in [2.05, 4.69) is 15.5 Å². The zero-order valence-electron chi connectivity index (χ0n) is 12.4. The number of carbonyl (C=O) groups excluding carboxylic acids is 1. The lowest BCUT2D eigenvalue weighted by atomic mass is 10.2. The molecule has 1 amide bonds. The van der Waals surface area contributed by atoms with E-state index in [9.17, 15) is 4.79 Å². The van der Waals surface area contributed by atoms with Crippen LogP contribution < -0.4 is 14.9 Å². The van der Waals surface area contributed by atoms with E-state index in [4.69, 9.17) is 21.1 Å². The first kappa shape index (κ1) is 15.3. The van der Waals surface area contributed by atoms with E-state index >= 15 is 0 Å². The largest absolute Gasteiger partial charge is 0.454 e. The molecule has 1 aliphatic heterocycles. The number of hydrogen-bond donors (Lipinski definition) is 1. The minimum atomic E-state index is -0.388. The second-order valence-corrected chi connectivity index (χ2v) is 5.24. The van der Waals surface area contributed by atoms with Gasteiger partial charge in [-0.15, -0.1) is 0 Å². The zero-order valence-corrected chi connectivity index (χ0v) is 13.1. The molecule has 0 bridgehead atoms. The van der Waals surface area contributed by atoms with Gasteiger partial charge in [-0.2, -0.15) is 5.10 Å². The highest BCUT2D eigenvalue weighted by atomic mass is 35.5. The summed E-state index contributed by atoms with van der Waals surface area (Å²) in [7, 11) is 0. The number of nitrogens with zero attached hydrogens (tertiary/aromatic N) is 2. The molecule has 2 heterocycles. The molecule has 0 spiro atoms. The SMILES string of the molecule is CCc1ccc(C(=O)NN=Cc2cc3c(cc2Cl)OCO3)nc1. The third-order valence-electron chi connectivity index (χ3n) is 3.33. The molecule has 23 heavy (non-hydrogen) atoms. The van der Waals surface area contributed by atoms with Crippen LogP contribution in [0.15, 0.2) is 35.6 Å². The topological polar surface area (TPSA) is 72.8 Å². The quantitative estimate of drug-likeness (QED) is 0.690. The van der Waals surface area contributed by atoms with Crippen molar-refractivity contribution < 1.29 is 14.3 Å². The molecule has 0 fully saturated rings. The smallest absolute Gasteiger partial charge is 0.289 e. The first-order valence-electron chi connectivity index (χ1n) is 7.05. The monoisotopic (exact) mass is 331 g/mol. The molecule has 1 aromatic carbocycles. The van der Waals surface area contributed by atoms with Crippen LogP contribution in [0.25, 0.3) is 0 Å². The van der Waals surface area contributed by atoms with Crippen molar-refractivity contribution in [2.45, 2.75) is 13.3 Å². The summed E-state index contributed by atoms with van der Waals surface area (Å²) in [6.07, 6.45) is 3.99. The molecule has 2 aromatic rings. The van der Waals surface area contributed by atoms with Crippen molar-refractivity contribution in [1.82, 2.24) is 10.4 Å². The number of pyridine rings is 1. The summed E-state index contributed by atoms with van der Waals surface area (Å²) in [5.41, 5.74) is 4.40. The first-order chi connectivity index (χ1) is 11.2. The van der Waals surface area contributed by atoms with Crippen molar-refractivity contribution in [2.75, 3.05) is 6.79 Å². The van der Waals surface area contributed by atoms with E-state index in [1.807, 2.05) is 13.0 Å². The molecule has 1 aliphatic rings. The van der Waals surface area contributed by atoms with Crippen molar-refractivity contribution >= 4 is 23.7 Å². The highest BCUT2D eigenvalue weighted by molar-refractivity contribution is 6.33. The molecule has 1 N–H and O–H groups in total. The minimum absolute atomic E-state index is 0.169. The number of halogens is 1. The Hall–Kier alpha value is -2.60. The van der Waals surface area contributed by atoms with E-state index in [1.165, 1.54) is 6.21 Å². The van der Waals surface area contributed by atoms with Crippen LogP contribution in [0.3, 0.4) is 0 Å². The van der Waals surface area contributed by atoms with Crippen LogP contribution in [0, 0.1) is 0 Å². The van der Waals surface area contributed by atoms with E-state index in [0.717, 1.165) is 12.0 Å². The van der Waals surface area contributed by atoms with Crippen LogP contribution in [-0.4, -0.2) is 23.9 Å². The van der Waals surface area contributed by atoms with Gasteiger partial charge in [0.2, 0.25) is 6.79 Å². The van der Waals surface area contributed by atoms with Crippen molar-refractivity contribution in [3.63, 3.8) is 0 Å². The lowest BCUT2D eigenvalue weighted by molar-refractivity contribution is 0.0950. The predicted molar refractivity (Wildman–Crippen MR) is 86.3 cm³/mol. The number of benzene rings is 1. The molecule has 0 saturated carbocycles. The summed E-state index contributed by atoms with van der Waals surface area (Å²) in [6, 6.07) is 6.88. The van der Waals surface area contributed by atoms with Crippen molar-refractivity contribution in [1.29, 1.82) is 0 Å². The Bertz CT molecular complexity index is 760. The molecule has 0 saturated heterocycles. The average Bonchev–Trinajstić information content (AvgIpc) is 3.02. The number of nitrogens with one attached hydrogen (secondary N) is 1. The van der Waals surface area contributed by atoms with Crippen LogP contribution in [0.4, 0.5) is 0 Å². The Morgan fingerprint density at radius 1 is 1.39 bits per heavy atom. The fraction of sp³-hybridized carbons (Fsp3) is 0.188. The summed E-state index contributed by atoms with van der Waals surface area (Å²) in [6.45, 7) is 2.19. The zero-order chi connectivity index (χ0) is 16.2. The molecule has 118 valence electrons. The number of fused-ring (bicyclic) bond motifs is 1. The number of ether oxygens (including phenoxy) is 2. The molecule has 1 aromatic heterocycles. The van der Waals surface area contributed by atoms with Crippen LogP contribution in [0.5, 0.6) is 11.5 Å². The van der Waals surface area contributed by atoms with Gasteiger partial charge >= 0.3 is 0 Å². The van der Waals surface area contributed by atoms with Gasteiger partial charge in [0.25, 0.3) is 5.91 Å². The maximum absolute atomic E-state index is 11.9. The fourth-order valence-corrected chi connectivity index (χ4v) is 2.22. The Kier molecular flexibility index (Phi) is 4.43. The number of rotatable bonds is 4. The normalized spacial score (nSPS) is 12.6. The molecule has 0 aliphatic carbocycles. The Labute approximate surface area is 138 Å². The van der Waals surface area contributed by atoms with Crippen molar-refractivity contribution in [3.05, 3.63) is 52.3 Å². The van der Waals surface area contributed by atoms with Gasteiger partial charge in [0.1, 0.15) is 5.69 Å². The maximum atomic E-state index is 11.9. The molecular weight excluding hydrogens is 318 g/mol. The minimum Gasteiger partial charge on any atom is -0.454 e. The Morgan fingerprint density at radius 2 is 2.17 bits per heavy atom. The third kappa shape index (κ3) is 3.43. The number of amides is 1. The lowest BCUT2D eigenvalue weighted by Gasteiger charge is -2.02. The van der Waals surface area contributed by atoms with Crippen molar-refractivity contribution in [2.24, 2.45) is 5.10 Å². The van der Waals surface area contributed by atoms with E-state index < -0.39 is 0 Å².